The number of hydrogen-bond donors (Lipinski definition) is 3. The molecular weight excluding hydrogens is 270 g/mol. The van der Waals surface area contributed by atoms with Crippen molar-refractivity contribution in [2.45, 2.75) is 13.8 Å². The van der Waals surface area contributed by atoms with Gasteiger partial charge in [-0.05, 0) is 30.2 Å². The van der Waals surface area contributed by atoms with Gasteiger partial charge in [-0.25, -0.2) is 0 Å². The second-order valence-electron chi connectivity index (χ2n) is 5.12. The fraction of sp³-hybridized carbons (Fsp3) is 0.467. The summed E-state index contributed by atoms with van der Waals surface area (Å²) in [4.78, 5) is 23.3. The minimum Gasteiger partial charge on any atom is -0.399 e. The van der Waals surface area contributed by atoms with E-state index in [1.54, 1.807) is 24.3 Å². The number of ether oxygens (including phenoxy) is 1. The van der Waals surface area contributed by atoms with Gasteiger partial charge in [0.1, 0.15) is 0 Å². The van der Waals surface area contributed by atoms with Crippen LogP contribution in [0.2, 0.25) is 0 Å². The first-order chi connectivity index (χ1) is 9.99. The number of carbonyl (C=O) groups is 2. The summed E-state index contributed by atoms with van der Waals surface area (Å²) in [5.41, 5.74) is 6.60. The van der Waals surface area contributed by atoms with E-state index in [0.29, 0.717) is 36.9 Å². The summed E-state index contributed by atoms with van der Waals surface area (Å²) in [6, 6.07) is 6.51. The summed E-state index contributed by atoms with van der Waals surface area (Å²) in [5.74, 6) is -0.0759. The summed E-state index contributed by atoms with van der Waals surface area (Å²) in [5, 5.41) is 5.22. The number of nitrogens with two attached hydrogens (primary N) is 1. The van der Waals surface area contributed by atoms with Gasteiger partial charge in [0.2, 0.25) is 5.91 Å². The molecule has 6 heteroatoms. The zero-order valence-corrected chi connectivity index (χ0v) is 12.5. The maximum Gasteiger partial charge on any atom is 0.251 e. The SMILES string of the molecule is CC(C)COCCNC(=O)CNC(=O)c1ccc(N)cc1. The van der Waals surface area contributed by atoms with Crippen LogP contribution in [0, 0.1) is 5.92 Å². The van der Waals surface area contributed by atoms with Crippen molar-refractivity contribution in [2.75, 3.05) is 32.0 Å². The van der Waals surface area contributed by atoms with Gasteiger partial charge >= 0.3 is 0 Å². The lowest BCUT2D eigenvalue weighted by atomic mass is 10.2. The second kappa shape index (κ2) is 8.97. The molecule has 0 radical (unpaired) electrons. The van der Waals surface area contributed by atoms with Crippen LogP contribution in [0.1, 0.15) is 24.2 Å². The maximum absolute atomic E-state index is 11.8. The van der Waals surface area contributed by atoms with E-state index in [1.807, 2.05) is 0 Å². The number of nitrogen functional groups attached to an aromatic ring is 1. The number of rotatable bonds is 8. The third kappa shape index (κ3) is 7.31. The first kappa shape index (κ1) is 17.0. The zero-order valence-electron chi connectivity index (χ0n) is 12.5. The predicted molar refractivity (Wildman–Crippen MR) is 81.9 cm³/mol. The molecule has 1 aromatic rings. The standard InChI is InChI=1S/C15H23N3O3/c1-11(2)10-21-8-7-17-14(19)9-18-15(20)12-3-5-13(16)6-4-12/h3-6,11H,7-10,16H2,1-2H3,(H,17,19)(H,18,20). The lowest BCUT2D eigenvalue weighted by molar-refractivity contribution is -0.120. The molecule has 0 aliphatic heterocycles. The van der Waals surface area contributed by atoms with E-state index in [4.69, 9.17) is 10.5 Å². The van der Waals surface area contributed by atoms with Gasteiger partial charge in [-0.3, -0.25) is 9.59 Å². The van der Waals surface area contributed by atoms with Crippen LogP contribution in [0.4, 0.5) is 5.69 Å². The first-order valence-corrected chi connectivity index (χ1v) is 6.97. The Bertz CT molecular complexity index is 458. The Morgan fingerprint density at radius 1 is 1.19 bits per heavy atom. The normalized spacial score (nSPS) is 10.4. The first-order valence-electron chi connectivity index (χ1n) is 6.97. The molecular formula is C15H23N3O3. The minimum absolute atomic E-state index is 0.0621. The highest BCUT2D eigenvalue weighted by Crippen LogP contribution is 2.04. The summed E-state index contributed by atoms with van der Waals surface area (Å²) in [6.07, 6.45) is 0. The number of hydrogen-bond acceptors (Lipinski definition) is 4. The monoisotopic (exact) mass is 293 g/mol. The minimum atomic E-state index is -0.304. The van der Waals surface area contributed by atoms with Crippen LogP contribution in [0.15, 0.2) is 24.3 Å². The molecule has 0 fully saturated rings. The summed E-state index contributed by atoms with van der Waals surface area (Å²) < 4.78 is 5.34. The van der Waals surface area contributed by atoms with Gasteiger partial charge in [0, 0.05) is 24.4 Å². The van der Waals surface area contributed by atoms with Crippen molar-refractivity contribution in [2.24, 2.45) is 5.92 Å². The van der Waals surface area contributed by atoms with Gasteiger partial charge in [-0.15, -0.1) is 0 Å². The Labute approximate surface area is 125 Å². The van der Waals surface area contributed by atoms with Crippen molar-refractivity contribution in [1.82, 2.24) is 10.6 Å². The Morgan fingerprint density at radius 3 is 2.48 bits per heavy atom. The molecule has 0 heterocycles. The summed E-state index contributed by atoms with van der Waals surface area (Å²) in [7, 11) is 0. The van der Waals surface area contributed by atoms with Crippen molar-refractivity contribution in [3.05, 3.63) is 29.8 Å². The molecule has 0 unspecified atom stereocenters. The molecule has 0 saturated heterocycles. The predicted octanol–water partition coefficient (Wildman–Crippen LogP) is 0.787. The van der Waals surface area contributed by atoms with Gasteiger partial charge in [0.15, 0.2) is 0 Å². The molecule has 1 rings (SSSR count). The zero-order chi connectivity index (χ0) is 15.7. The lowest BCUT2D eigenvalue weighted by Crippen LogP contribution is -2.38. The number of carbonyl (C=O) groups excluding carboxylic acids is 2. The van der Waals surface area contributed by atoms with E-state index in [-0.39, 0.29) is 18.4 Å². The van der Waals surface area contributed by atoms with Crippen LogP contribution >= 0.6 is 0 Å². The van der Waals surface area contributed by atoms with Gasteiger partial charge in [-0.2, -0.15) is 0 Å². The number of amides is 2. The smallest absolute Gasteiger partial charge is 0.251 e. The van der Waals surface area contributed by atoms with E-state index < -0.39 is 0 Å². The largest absolute Gasteiger partial charge is 0.399 e. The molecule has 2 amide bonds. The fourth-order valence-corrected chi connectivity index (χ4v) is 1.54. The molecule has 0 aliphatic carbocycles. The number of anilines is 1. The van der Waals surface area contributed by atoms with Crippen LogP contribution in [0.25, 0.3) is 0 Å². The molecule has 4 N–H and O–H groups in total. The number of nitrogens with one attached hydrogen (secondary N) is 2. The van der Waals surface area contributed by atoms with E-state index in [0.717, 1.165) is 0 Å². The fourth-order valence-electron chi connectivity index (χ4n) is 1.54. The molecule has 21 heavy (non-hydrogen) atoms. The molecule has 116 valence electrons. The third-order valence-electron chi connectivity index (χ3n) is 2.60. The van der Waals surface area contributed by atoms with Gasteiger partial charge in [-0.1, -0.05) is 13.8 Å². The average molecular weight is 293 g/mol. The molecule has 0 aromatic heterocycles. The van der Waals surface area contributed by atoms with Crippen molar-refractivity contribution in [3.8, 4) is 0 Å². The quantitative estimate of drug-likeness (QED) is 0.488. The van der Waals surface area contributed by atoms with Crippen molar-refractivity contribution in [1.29, 1.82) is 0 Å². The van der Waals surface area contributed by atoms with Crippen LogP contribution in [-0.2, 0) is 9.53 Å². The molecule has 1 aromatic carbocycles. The van der Waals surface area contributed by atoms with E-state index in [9.17, 15) is 9.59 Å². The second-order valence-corrected chi connectivity index (χ2v) is 5.12. The molecule has 0 spiro atoms. The Kier molecular flexibility index (Phi) is 7.25. The maximum atomic E-state index is 11.8. The van der Waals surface area contributed by atoms with Crippen LogP contribution < -0.4 is 16.4 Å². The number of benzene rings is 1. The topological polar surface area (TPSA) is 93.5 Å². The van der Waals surface area contributed by atoms with Crippen molar-refractivity contribution in [3.63, 3.8) is 0 Å². The van der Waals surface area contributed by atoms with Crippen LogP contribution in [-0.4, -0.2) is 38.1 Å². The van der Waals surface area contributed by atoms with E-state index in [1.165, 1.54) is 0 Å². The van der Waals surface area contributed by atoms with E-state index in [2.05, 4.69) is 24.5 Å². The summed E-state index contributed by atoms with van der Waals surface area (Å²) in [6.45, 7) is 5.63. The van der Waals surface area contributed by atoms with Gasteiger partial charge in [0.05, 0.1) is 13.2 Å². The van der Waals surface area contributed by atoms with Gasteiger partial charge < -0.3 is 21.1 Å². The average Bonchev–Trinajstić information content (AvgIpc) is 2.44. The molecule has 0 aliphatic rings. The molecule has 0 saturated carbocycles. The third-order valence-corrected chi connectivity index (χ3v) is 2.60. The van der Waals surface area contributed by atoms with Gasteiger partial charge in [0.25, 0.3) is 5.91 Å². The highest BCUT2D eigenvalue weighted by atomic mass is 16.5. The van der Waals surface area contributed by atoms with Crippen molar-refractivity contribution >= 4 is 17.5 Å². The Balaban J connectivity index is 2.17. The summed E-state index contributed by atoms with van der Waals surface area (Å²) >= 11 is 0. The van der Waals surface area contributed by atoms with Crippen LogP contribution in [0.5, 0.6) is 0 Å². The Morgan fingerprint density at radius 2 is 1.86 bits per heavy atom. The Hall–Kier alpha value is -2.08. The molecule has 0 atom stereocenters. The highest BCUT2D eigenvalue weighted by molar-refractivity contribution is 5.96. The molecule has 0 bridgehead atoms. The van der Waals surface area contributed by atoms with Crippen LogP contribution in [0.3, 0.4) is 0 Å². The lowest BCUT2D eigenvalue weighted by Gasteiger charge is -2.09. The van der Waals surface area contributed by atoms with E-state index >= 15 is 0 Å². The molecule has 6 nitrogen and oxygen atoms in total. The van der Waals surface area contributed by atoms with Crippen molar-refractivity contribution < 1.29 is 14.3 Å². The highest BCUT2D eigenvalue weighted by Gasteiger charge is 2.07.